The number of carbonyl (C=O) groups is 4. The standard InChI is InChI=1S/C42H62N6O11S/c1-13-28-42(9)30(29(39(53)58-42)35(43)47-59-25(7)36-45-46-37(60-36)26-16-14-15-17-44-26)22(4)31(49)20(2)19-41(8,54-12)34(23(5)32(50)24(6)38(52)56-28)57-40-33(51)27(48(10)11)18-21(3)55-40/h14-17,20-25,27-30,33-34,40,51H,13,18-19H2,1-12H3,(H2,43,47)/t20-,21-,22-,23+,24-,25?,27+,28+,29-,30+,33-,34-,40?,41-,42-/m1/s1. The Morgan fingerprint density at radius 1 is 1.07 bits per heavy atom. The van der Waals surface area contributed by atoms with Crippen molar-refractivity contribution in [3.05, 3.63) is 29.4 Å². The highest BCUT2D eigenvalue weighted by atomic mass is 32.1. The Labute approximate surface area is 356 Å². The van der Waals surface area contributed by atoms with Crippen LogP contribution in [0.2, 0.25) is 0 Å². The molecule has 3 aliphatic rings. The Kier molecular flexibility index (Phi) is 14.9. The molecule has 0 saturated carbocycles. The van der Waals surface area contributed by atoms with Gasteiger partial charge < -0.3 is 44.3 Å². The Balaban J connectivity index is 1.51. The molecule has 15 atom stereocenters. The van der Waals surface area contributed by atoms with E-state index < -0.39 is 95.1 Å². The molecule has 0 radical (unpaired) electrons. The number of rotatable bonds is 10. The summed E-state index contributed by atoms with van der Waals surface area (Å²) in [6.07, 6.45) is -3.03. The molecule has 0 amide bonds. The fourth-order valence-corrected chi connectivity index (χ4v) is 9.97. The molecule has 332 valence electrons. The van der Waals surface area contributed by atoms with Gasteiger partial charge in [0.1, 0.15) is 35.5 Å². The Morgan fingerprint density at radius 2 is 1.77 bits per heavy atom. The summed E-state index contributed by atoms with van der Waals surface area (Å²) in [4.78, 5) is 69.1. The molecule has 17 nitrogen and oxygen atoms in total. The topological polar surface area (TPSA) is 224 Å². The van der Waals surface area contributed by atoms with Crippen LogP contribution in [0.1, 0.15) is 92.7 Å². The van der Waals surface area contributed by atoms with Crippen LogP contribution in [0.4, 0.5) is 0 Å². The number of oxime groups is 1. The lowest BCUT2D eigenvalue weighted by Crippen LogP contribution is -2.59. The van der Waals surface area contributed by atoms with Crippen molar-refractivity contribution in [2.75, 3.05) is 21.2 Å². The van der Waals surface area contributed by atoms with E-state index in [9.17, 15) is 24.3 Å². The molecule has 0 aromatic carbocycles. The van der Waals surface area contributed by atoms with Crippen molar-refractivity contribution < 1.29 is 52.8 Å². The minimum Gasteiger partial charge on any atom is -0.458 e. The van der Waals surface area contributed by atoms with Crippen LogP contribution in [0.5, 0.6) is 0 Å². The van der Waals surface area contributed by atoms with Crippen LogP contribution >= 0.6 is 11.3 Å². The summed E-state index contributed by atoms with van der Waals surface area (Å²) in [7, 11) is 5.17. The van der Waals surface area contributed by atoms with Gasteiger partial charge in [-0.2, -0.15) is 0 Å². The van der Waals surface area contributed by atoms with Gasteiger partial charge in [0.25, 0.3) is 0 Å². The number of ether oxygens (including phenoxy) is 5. The lowest BCUT2D eigenvalue weighted by Gasteiger charge is -2.47. The molecule has 0 aliphatic carbocycles. The largest absolute Gasteiger partial charge is 0.458 e. The lowest BCUT2D eigenvalue weighted by molar-refractivity contribution is -0.295. The number of carbonyl (C=O) groups excluding carboxylic acids is 4. The summed E-state index contributed by atoms with van der Waals surface area (Å²) in [6.45, 7) is 15.2. The van der Waals surface area contributed by atoms with E-state index in [1.807, 2.05) is 38.1 Å². The Bertz CT molecular complexity index is 1880. The summed E-state index contributed by atoms with van der Waals surface area (Å²) in [5.41, 5.74) is 4.33. The van der Waals surface area contributed by atoms with E-state index in [1.54, 1.807) is 60.7 Å². The number of methoxy groups -OCH3 is 1. The summed E-state index contributed by atoms with van der Waals surface area (Å²) < 4.78 is 31.1. The molecule has 0 spiro atoms. The normalized spacial score (nSPS) is 37.9. The number of likely N-dealkylation sites (N-methyl/N-ethyl adjacent to an activating group) is 1. The van der Waals surface area contributed by atoms with Gasteiger partial charge in [0.15, 0.2) is 39.6 Å². The smallest absolute Gasteiger partial charge is 0.317 e. The second-order valence-electron chi connectivity index (χ2n) is 17.2. The van der Waals surface area contributed by atoms with Crippen molar-refractivity contribution in [3.63, 3.8) is 0 Å². The van der Waals surface area contributed by atoms with Crippen molar-refractivity contribution in [2.45, 2.75) is 136 Å². The van der Waals surface area contributed by atoms with Gasteiger partial charge in [-0.25, -0.2) is 0 Å². The maximum absolute atomic E-state index is 14.8. The molecule has 60 heavy (non-hydrogen) atoms. The number of ketones is 2. The van der Waals surface area contributed by atoms with Crippen LogP contribution in [0, 0.1) is 35.5 Å². The Hall–Kier alpha value is -3.94. The number of aromatic nitrogens is 3. The number of fused-ring (bicyclic) bond motifs is 1. The van der Waals surface area contributed by atoms with Gasteiger partial charge in [0.2, 0.25) is 0 Å². The monoisotopic (exact) mass is 858 g/mol. The maximum Gasteiger partial charge on any atom is 0.317 e. The number of aliphatic hydroxyl groups excluding tert-OH is 1. The van der Waals surface area contributed by atoms with Crippen LogP contribution in [0.15, 0.2) is 29.6 Å². The second-order valence-corrected chi connectivity index (χ2v) is 18.2. The number of Topliss-reactive ketones (excluding diaryl/α,β-unsaturated/α-hetero) is 2. The second kappa shape index (κ2) is 19.0. The van der Waals surface area contributed by atoms with Gasteiger partial charge in [0, 0.05) is 43.0 Å². The summed E-state index contributed by atoms with van der Waals surface area (Å²) >= 11 is 1.26. The number of nitrogens with two attached hydrogens (primary N) is 1. The molecule has 2 unspecified atom stereocenters. The van der Waals surface area contributed by atoms with E-state index in [0.29, 0.717) is 22.1 Å². The van der Waals surface area contributed by atoms with Gasteiger partial charge >= 0.3 is 11.9 Å². The Morgan fingerprint density at radius 3 is 2.38 bits per heavy atom. The van der Waals surface area contributed by atoms with Crippen molar-refractivity contribution in [1.82, 2.24) is 20.1 Å². The van der Waals surface area contributed by atoms with Crippen LogP contribution < -0.4 is 5.73 Å². The van der Waals surface area contributed by atoms with Gasteiger partial charge in [0.05, 0.1) is 17.8 Å². The third-order valence-electron chi connectivity index (χ3n) is 12.7. The fourth-order valence-electron chi connectivity index (χ4n) is 9.18. The quantitative estimate of drug-likeness (QED) is 0.113. The molecule has 5 rings (SSSR count). The van der Waals surface area contributed by atoms with Gasteiger partial charge in [-0.05, 0) is 80.1 Å². The third-order valence-corrected chi connectivity index (χ3v) is 13.8. The molecule has 3 N–H and O–H groups in total. The number of hydrogen-bond acceptors (Lipinski definition) is 17. The number of amidine groups is 1. The average Bonchev–Trinajstić information content (AvgIpc) is 3.83. The highest BCUT2D eigenvalue weighted by molar-refractivity contribution is 7.14. The molecule has 5 heterocycles. The van der Waals surface area contributed by atoms with E-state index in [4.69, 9.17) is 34.3 Å². The van der Waals surface area contributed by atoms with Crippen LogP contribution in [-0.2, 0) is 47.7 Å². The van der Waals surface area contributed by atoms with Crippen molar-refractivity contribution in [2.24, 2.45) is 46.4 Å². The molecule has 0 bridgehead atoms. The SMILES string of the molecule is CC[C@@H]1OC(=O)[C@H](C)C(=O)[C@H](C)[C@@H](OC2O[C@H](C)C[C@H](N(C)C)[C@H]2O)[C@](C)(OC)C[C@@H](C)C(=O)[C@H](C)[C@H]2[C@H](/C(N)=N/OC(C)c3nnc(-c4ccccn4)s3)C(=O)O[C@@]21C. The zero-order valence-electron chi connectivity index (χ0n) is 36.7. The third kappa shape index (κ3) is 9.43. The molecular weight excluding hydrogens is 797 g/mol. The van der Waals surface area contributed by atoms with Crippen molar-refractivity contribution in [1.29, 1.82) is 0 Å². The summed E-state index contributed by atoms with van der Waals surface area (Å²) in [6, 6.07) is 5.14. The van der Waals surface area contributed by atoms with Crippen LogP contribution in [-0.4, -0.2) is 124 Å². The highest BCUT2D eigenvalue weighted by Crippen LogP contribution is 2.48. The van der Waals surface area contributed by atoms with Crippen LogP contribution in [0.25, 0.3) is 10.7 Å². The number of aliphatic hydroxyl groups is 1. The number of esters is 2. The number of cyclic esters (lactones) is 1. The van der Waals surface area contributed by atoms with E-state index >= 15 is 0 Å². The minimum absolute atomic E-state index is 0.0515. The highest BCUT2D eigenvalue weighted by Gasteiger charge is 2.62. The van der Waals surface area contributed by atoms with Gasteiger partial charge in [-0.15, -0.1) is 10.2 Å². The fraction of sp³-hybridized carbons (Fsp3) is 0.714. The lowest BCUT2D eigenvalue weighted by atomic mass is 9.67. The predicted molar refractivity (Wildman–Crippen MR) is 220 cm³/mol. The van der Waals surface area contributed by atoms with E-state index in [-0.39, 0.29) is 36.6 Å². The zero-order chi connectivity index (χ0) is 44.4. The number of hydrogen-bond donors (Lipinski definition) is 2. The molecular formula is C42H62N6O11S. The zero-order valence-corrected chi connectivity index (χ0v) is 37.5. The number of pyridine rings is 1. The first-order valence-corrected chi connectivity index (χ1v) is 21.5. The minimum atomic E-state index is -1.58. The van der Waals surface area contributed by atoms with Gasteiger partial charge in [-0.1, -0.05) is 50.3 Å². The first kappa shape index (κ1) is 47.1. The number of nitrogens with zero attached hydrogens (tertiary/aromatic N) is 5. The van der Waals surface area contributed by atoms with E-state index in [2.05, 4.69) is 20.3 Å². The molecule has 3 aliphatic heterocycles. The summed E-state index contributed by atoms with van der Waals surface area (Å²) in [5, 5.41) is 25.1. The molecule has 2 aromatic rings. The summed E-state index contributed by atoms with van der Waals surface area (Å²) in [5.74, 6) is -8.88. The molecule has 3 saturated heterocycles. The molecule has 18 heteroatoms. The maximum atomic E-state index is 14.8. The molecule has 2 aromatic heterocycles. The van der Waals surface area contributed by atoms with Crippen LogP contribution in [0.3, 0.4) is 0 Å². The van der Waals surface area contributed by atoms with Crippen molar-refractivity contribution >= 4 is 40.7 Å². The van der Waals surface area contributed by atoms with E-state index in [0.717, 1.165) is 0 Å². The first-order valence-electron chi connectivity index (χ1n) is 20.6. The predicted octanol–water partition coefficient (Wildman–Crippen LogP) is 4.12. The first-order chi connectivity index (χ1) is 28.2. The van der Waals surface area contributed by atoms with E-state index in [1.165, 1.54) is 25.4 Å². The van der Waals surface area contributed by atoms with Crippen molar-refractivity contribution in [3.8, 4) is 10.7 Å². The van der Waals surface area contributed by atoms with Gasteiger partial charge in [-0.3, -0.25) is 24.2 Å². The molecule has 3 fully saturated rings. The average molecular weight is 859 g/mol.